The molecule has 4 aromatic rings. The molecule has 0 bridgehead atoms. The molecular formula is C29H32ClN3O6S. The minimum absolute atomic E-state index is 0. The SMILES string of the molecule is CCCOc1cc(-c2ccc(C(=O)NS(=O)(=O)c3ccc[nH]c3=O)c(Oc3c(C)cc(C)cc3C)n2)ccc1Cl.[HH].[HH]. The molecule has 40 heavy (non-hydrogen) atoms. The van der Waals surface area contributed by atoms with E-state index in [2.05, 4.69) is 9.97 Å². The zero-order chi connectivity index (χ0) is 29.0. The van der Waals surface area contributed by atoms with Crippen LogP contribution in [0.25, 0.3) is 11.3 Å². The van der Waals surface area contributed by atoms with Gasteiger partial charge >= 0.3 is 0 Å². The van der Waals surface area contributed by atoms with Crippen LogP contribution in [0.5, 0.6) is 17.4 Å². The number of carbonyl (C=O) groups excluding carboxylic acids is 1. The predicted octanol–water partition coefficient (Wildman–Crippen LogP) is 6.21. The van der Waals surface area contributed by atoms with Crippen molar-refractivity contribution in [3.63, 3.8) is 0 Å². The molecule has 0 aliphatic carbocycles. The summed E-state index contributed by atoms with van der Waals surface area (Å²) in [5.74, 6) is -0.165. The number of nitrogens with zero attached hydrogens (tertiary/aromatic N) is 1. The van der Waals surface area contributed by atoms with Crippen LogP contribution in [-0.2, 0) is 10.0 Å². The molecule has 4 rings (SSSR count). The lowest BCUT2D eigenvalue weighted by Gasteiger charge is -2.16. The largest absolute Gasteiger partial charge is 0.492 e. The van der Waals surface area contributed by atoms with Crippen molar-refractivity contribution in [3.05, 3.63) is 98.4 Å². The standard InChI is InChI=1S/C29H28ClN3O6S.2H2/c1-5-13-38-24-16-20(8-10-22(24)30)23-11-9-21(27(34)33-40(36,37)25-7-6-12-31-28(25)35)29(32-23)39-26-18(3)14-17(2)15-19(26)4;;/h6-12,14-16H,5,13H2,1-4H3,(H,31,35)(H,33,34);2*1H. The van der Waals surface area contributed by atoms with Crippen LogP contribution in [0.2, 0.25) is 5.02 Å². The van der Waals surface area contributed by atoms with E-state index in [1.807, 2.05) is 44.5 Å². The Labute approximate surface area is 240 Å². The minimum Gasteiger partial charge on any atom is -0.492 e. The summed E-state index contributed by atoms with van der Waals surface area (Å²) in [6.07, 6.45) is 2.09. The van der Waals surface area contributed by atoms with Crippen LogP contribution >= 0.6 is 11.6 Å². The second kappa shape index (κ2) is 11.9. The number of ether oxygens (including phenoxy) is 2. The van der Waals surface area contributed by atoms with Crippen LogP contribution in [0.3, 0.4) is 0 Å². The molecule has 0 aliphatic heterocycles. The molecule has 0 unspecified atom stereocenters. The summed E-state index contributed by atoms with van der Waals surface area (Å²) in [5.41, 5.74) is 2.73. The van der Waals surface area contributed by atoms with E-state index in [-0.39, 0.29) is 14.3 Å². The van der Waals surface area contributed by atoms with E-state index in [1.165, 1.54) is 18.3 Å². The van der Waals surface area contributed by atoms with E-state index in [4.69, 9.17) is 21.1 Å². The Balaban J connectivity index is 0.00000308. The van der Waals surface area contributed by atoms with E-state index in [9.17, 15) is 18.0 Å². The Morgan fingerprint density at radius 3 is 2.48 bits per heavy atom. The topological polar surface area (TPSA) is 127 Å². The third-order valence-corrected chi connectivity index (χ3v) is 7.56. The van der Waals surface area contributed by atoms with Gasteiger partial charge in [-0.15, -0.1) is 0 Å². The van der Waals surface area contributed by atoms with Gasteiger partial charge in [-0.25, -0.2) is 18.1 Å². The van der Waals surface area contributed by atoms with Crippen LogP contribution < -0.4 is 19.8 Å². The number of halogens is 1. The lowest BCUT2D eigenvalue weighted by Crippen LogP contribution is -2.34. The number of rotatable bonds is 9. The van der Waals surface area contributed by atoms with Crippen LogP contribution in [0, 0.1) is 20.8 Å². The highest BCUT2D eigenvalue weighted by Crippen LogP contribution is 2.34. The number of sulfonamides is 1. The molecule has 0 spiro atoms. The van der Waals surface area contributed by atoms with Gasteiger partial charge in [-0.2, -0.15) is 0 Å². The van der Waals surface area contributed by atoms with Gasteiger partial charge in [-0.3, -0.25) is 9.59 Å². The maximum atomic E-state index is 13.3. The first-order chi connectivity index (χ1) is 19.0. The Kier molecular flexibility index (Phi) is 8.61. The average Bonchev–Trinajstić information content (AvgIpc) is 2.90. The molecule has 9 nitrogen and oxygen atoms in total. The van der Waals surface area contributed by atoms with E-state index in [0.717, 1.165) is 29.2 Å². The van der Waals surface area contributed by atoms with E-state index in [0.29, 0.717) is 34.4 Å². The highest BCUT2D eigenvalue weighted by Gasteiger charge is 2.25. The van der Waals surface area contributed by atoms with E-state index < -0.39 is 26.4 Å². The summed E-state index contributed by atoms with van der Waals surface area (Å²) < 4.78 is 39.6. The molecule has 0 saturated carbocycles. The van der Waals surface area contributed by atoms with Crippen molar-refractivity contribution in [1.29, 1.82) is 0 Å². The molecular weight excluding hydrogens is 554 g/mol. The summed E-state index contributed by atoms with van der Waals surface area (Å²) in [7, 11) is -4.49. The molecule has 0 saturated heterocycles. The van der Waals surface area contributed by atoms with Gasteiger partial charge in [-0.05, 0) is 74.7 Å². The highest BCUT2D eigenvalue weighted by molar-refractivity contribution is 7.90. The normalized spacial score (nSPS) is 11.2. The molecule has 2 aromatic heterocycles. The number of aromatic nitrogens is 2. The second-order valence-electron chi connectivity index (χ2n) is 9.17. The zero-order valence-electron chi connectivity index (χ0n) is 22.4. The molecule has 2 heterocycles. The van der Waals surface area contributed by atoms with Crippen molar-refractivity contribution in [3.8, 4) is 28.6 Å². The number of H-pyrrole nitrogens is 1. The van der Waals surface area contributed by atoms with E-state index >= 15 is 0 Å². The molecule has 2 N–H and O–H groups in total. The predicted molar refractivity (Wildman–Crippen MR) is 157 cm³/mol. The fourth-order valence-electron chi connectivity index (χ4n) is 4.11. The van der Waals surface area contributed by atoms with E-state index in [1.54, 1.807) is 24.3 Å². The first-order valence-corrected chi connectivity index (χ1v) is 14.3. The maximum absolute atomic E-state index is 13.3. The Bertz CT molecular complexity index is 1740. The van der Waals surface area contributed by atoms with Gasteiger partial charge in [-0.1, -0.05) is 42.3 Å². The van der Waals surface area contributed by atoms with Gasteiger partial charge in [0.05, 0.1) is 17.3 Å². The lowest BCUT2D eigenvalue weighted by atomic mass is 10.1. The van der Waals surface area contributed by atoms with Crippen LogP contribution in [-0.4, -0.2) is 30.9 Å². The fourth-order valence-corrected chi connectivity index (χ4v) is 5.31. The molecule has 0 atom stereocenters. The van der Waals surface area contributed by atoms with Crippen molar-refractivity contribution in [1.82, 2.24) is 14.7 Å². The number of hydrogen-bond donors (Lipinski definition) is 2. The minimum atomic E-state index is -4.49. The third kappa shape index (κ3) is 6.35. The van der Waals surface area contributed by atoms with Gasteiger partial charge in [0, 0.05) is 14.6 Å². The summed E-state index contributed by atoms with van der Waals surface area (Å²) in [4.78, 5) is 31.6. The van der Waals surface area contributed by atoms with Gasteiger partial charge in [0.15, 0.2) is 4.90 Å². The number of amides is 1. The number of carbonyl (C=O) groups is 1. The molecule has 0 radical (unpaired) electrons. The molecule has 212 valence electrons. The molecule has 11 heteroatoms. The van der Waals surface area contributed by atoms with Crippen molar-refractivity contribution >= 4 is 27.5 Å². The van der Waals surface area contributed by atoms with Gasteiger partial charge in [0.25, 0.3) is 21.5 Å². The van der Waals surface area contributed by atoms with Crippen LogP contribution in [0.15, 0.2) is 70.5 Å². The van der Waals surface area contributed by atoms with Gasteiger partial charge < -0.3 is 14.5 Å². The summed E-state index contributed by atoms with van der Waals surface area (Å²) >= 11 is 6.29. The highest BCUT2D eigenvalue weighted by atomic mass is 35.5. The van der Waals surface area contributed by atoms with Gasteiger partial charge in [0.2, 0.25) is 5.88 Å². The van der Waals surface area contributed by atoms with Crippen molar-refractivity contribution < 1.29 is 25.5 Å². The quantitative estimate of drug-likeness (QED) is 0.239. The summed E-state index contributed by atoms with van der Waals surface area (Å²) in [6, 6.07) is 14.4. The maximum Gasteiger partial charge on any atom is 0.270 e. The Hall–Kier alpha value is -4.15. The molecule has 0 fully saturated rings. The number of benzene rings is 2. The molecule has 2 aromatic carbocycles. The number of aryl methyl sites for hydroxylation is 3. The number of hydrogen-bond acceptors (Lipinski definition) is 7. The molecule has 0 aliphatic rings. The van der Waals surface area contributed by atoms with Crippen molar-refractivity contribution in [2.75, 3.05) is 6.61 Å². The zero-order valence-corrected chi connectivity index (χ0v) is 23.9. The Morgan fingerprint density at radius 2 is 1.80 bits per heavy atom. The smallest absolute Gasteiger partial charge is 0.270 e. The number of aromatic amines is 1. The summed E-state index contributed by atoms with van der Waals surface area (Å²) in [6.45, 7) is 8.14. The van der Waals surface area contributed by atoms with Crippen LogP contribution in [0.4, 0.5) is 0 Å². The Morgan fingerprint density at radius 1 is 1.07 bits per heavy atom. The lowest BCUT2D eigenvalue weighted by molar-refractivity contribution is 0.0978. The number of nitrogens with one attached hydrogen (secondary N) is 2. The third-order valence-electron chi connectivity index (χ3n) is 5.90. The first-order valence-electron chi connectivity index (χ1n) is 12.4. The fraction of sp³-hybridized carbons (Fsp3) is 0.207. The second-order valence-corrected chi connectivity index (χ2v) is 11.2. The van der Waals surface area contributed by atoms with Crippen molar-refractivity contribution in [2.24, 2.45) is 0 Å². The number of pyridine rings is 2. The summed E-state index contributed by atoms with van der Waals surface area (Å²) in [5, 5.41) is 0.441. The van der Waals surface area contributed by atoms with Gasteiger partial charge in [0.1, 0.15) is 17.1 Å². The first kappa shape index (κ1) is 28.8. The monoisotopic (exact) mass is 585 g/mol. The molecule has 1 amide bonds. The average molecular weight is 586 g/mol. The van der Waals surface area contributed by atoms with Crippen LogP contribution in [0.1, 0.15) is 43.2 Å². The van der Waals surface area contributed by atoms with Crippen molar-refractivity contribution in [2.45, 2.75) is 39.0 Å².